The molecule has 0 spiro atoms. The van der Waals surface area contributed by atoms with Gasteiger partial charge in [-0.15, -0.1) is 5.10 Å². The van der Waals surface area contributed by atoms with Gasteiger partial charge in [-0.3, -0.25) is 0 Å². The minimum Gasteiger partial charge on any atom is -0.305 e. The Hall–Kier alpha value is -0.510. The van der Waals surface area contributed by atoms with Crippen molar-refractivity contribution in [2.24, 2.45) is 7.05 Å². The third-order valence-electron chi connectivity index (χ3n) is 3.41. The number of halogens is 1. The zero-order valence-electron chi connectivity index (χ0n) is 11.2. The third-order valence-corrected chi connectivity index (χ3v) is 6.17. The molecule has 1 saturated heterocycles. The first kappa shape index (κ1) is 14.9. The molecule has 0 amide bonds. The lowest BCUT2D eigenvalue weighted by Crippen LogP contribution is -2.47. The SMILES string of the molecule is CN(C)C1CCCN(S(=O)(=O)c2c(Br)nnn2C)C1. The first-order chi connectivity index (χ1) is 8.84. The first-order valence-electron chi connectivity index (χ1n) is 6.06. The van der Waals surface area contributed by atoms with Gasteiger partial charge < -0.3 is 4.90 Å². The van der Waals surface area contributed by atoms with Crippen LogP contribution in [0.4, 0.5) is 0 Å². The maximum atomic E-state index is 12.6. The summed E-state index contributed by atoms with van der Waals surface area (Å²) in [6, 6.07) is 0.253. The summed E-state index contributed by atoms with van der Waals surface area (Å²) in [4.78, 5) is 2.07. The van der Waals surface area contributed by atoms with Gasteiger partial charge >= 0.3 is 0 Å². The lowest BCUT2D eigenvalue weighted by molar-refractivity contribution is 0.189. The van der Waals surface area contributed by atoms with Gasteiger partial charge in [-0.05, 0) is 42.9 Å². The van der Waals surface area contributed by atoms with Crippen LogP contribution in [0.1, 0.15) is 12.8 Å². The molecule has 1 fully saturated rings. The zero-order chi connectivity index (χ0) is 14.2. The van der Waals surface area contributed by atoms with E-state index in [9.17, 15) is 8.42 Å². The van der Waals surface area contributed by atoms with Gasteiger partial charge in [-0.1, -0.05) is 5.21 Å². The second-order valence-electron chi connectivity index (χ2n) is 4.93. The van der Waals surface area contributed by atoms with E-state index in [1.807, 2.05) is 14.1 Å². The molecule has 2 heterocycles. The molecule has 1 aliphatic rings. The number of piperidine rings is 1. The van der Waals surface area contributed by atoms with E-state index >= 15 is 0 Å². The highest BCUT2D eigenvalue weighted by Gasteiger charge is 2.34. The second kappa shape index (κ2) is 5.47. The van der Waals surface area contributed by atoms with Crippen molar-refractivity contribution in [1.29, 1.82) is 0 Å². The van der Waals surface area contributed by atoms with Gasteiger partial charge in [0.25, 0.3) is 10.0 Å². The van der Waals surface area contributed by atoms with Crippen LogP contribution in [0, 0.1) is 0 Å². The van der Waals surface area contributed by atoms with E-state index in [4.69, 9.17) is 0 Å². The predicted octanol–water partition coefficient (Wildman–Crippen LogP) is 0.292. The number of aromatic nitrogens is 3. The van der Waals surface area contributed by atoms with Crippen molar-refractivity contribution in [2.45, 2.75) is 23.9 Å². The fourth-order valence-corrected chi connectivity index (χ4v) is 4.83. The van der Waals surface area contributed by atoms with Crippen molar-refractivity contribution in [3.63, 3.8) is 0 Å². The molecule has 19 heavy (non-hydrogen) atoms. The average Bonchev–Trinajstić information content (AvgIpc) is 2.69. The van der Waals surface area contributed by atoms with Crippen LogP contribution in [0.5, 0.6) is 0 Å². The quantitative estimate of drug-likeness (QED) is 0.782. The highest BCUT2D eigenvalue weighted by atomic mass is 79.9. The van der Waals surface area contributed by atoms with Gasteiger partial charge in [0.2, 0.25) is 5.03 Å². The molecule has 0 N–H and O–H groups in total. The van der Waals surface area contributed by atoms with Crippen molar-refractivity contribution in [3.05, 3.63) is 4.60 Å². The van der Waals surface area contributed by atoms with Crippen LogP contribution in [-0.2, 0) is 17.1 Å². The fraction of sp³-hybridized carbons (Fsp3) is 0.800. The molecule has 0 radical (unpaired) electrons. The van der Waals surface area contributed by atoms with E-state index in [0.29, 0.717) is 13.1 Å². The first-order valence-corrected chi connectivity index (χ1v) is 8.29. The van der Waals surface area contributed by atoms with Crippen molar-refractivity contribution in [3.8, 4) is 0 Å². The summed E-state index contributed by atoms with van der Waals surface area (Å²) < 4.78 is 28.3. The largest absolute Gasteiger partial charge is 0.305 e. The van der Waals surface area contributed by atoms with Gasteiger partial charge in [0, 0.05) is 26.2 Å². The molecular weight excluding hydrogens is 334 g/mol. The maximum absolute atomic E-state index is 12.6. The Morgan fingerprint density at radius 3 is 2.63 bits per heavy atom. The van der Waals surface area contributed by atoms with Gasteiger partial charge in [-0.2, -0.15) is 4.31 Å². The Kier molecular flexibility index (Phi) is 4.29. The monoisotopic (exact) mass is 351 g/mol. The number of hydrogen-bond acceptors (Lipinski definition) is 5. The Balaban J connectivity index is 2.30. The Morgan fingerprint density at radius 1 is 1.42 bits per heavy atom. The Bertz CT molecular complexity index is 537. The normalized spacial score (nSPS) is 22.1. The summed E-state index contributed by atoms with van der Waals surface area (Å²) >= 11 is 3.15. The van der Waals surface area contributed by atoms with Gasteiger partial charge in [-0.25, -0.2) is 13.1 Å². The molecule has 108 valence electrons. The van der Waals surface area contributed by atoms with E-state index in [2.05, 4.69) is 31.1 Å². The number of nitrogens with zero attached hydrogens (tertiary/aromatic N) is 5. The molecule has 0 bridgehead atoms. The average molecular weight is 352 g/mol. The number of sulfonamides is 1. The van der Waals surface area contributed by atoms with Gasteiger partial charge in [0.15, 0.2) is 4.60 Å². The lowest BCUT2D eigenvalue weighted by Gasteiger charge is -2.35. The Morgan fingerprint density at radius 2 is 2.11 bits per heavy atom. The van der Waals surface area contributed by atoms with Gasteiger partial charge in [0.05, 0.1) is 0 Å². The summed E-state index contributed by atoms with van der Waals surface area (Å²) in [6.07, 6.45) is 1.88. The van der Waals surface area contributed by atoms with Crippen LogP contribution in [0.2, 0.25) is 0 Å². The number of aryl methyl sites for hydroxylation is 1. The minimum absolute atomic E-state index is 0.118. The summed E-state index contributed by atoms with van der Waals surface area (Å²) in [5.41, 5.74) is 0. The van der Waals surface area contributed by atoms with E-state index in [1.165, 1.54) is 8.99 Å². The highest BCUT2D eigenvalue weighted by Crippen LogP contribution is 2.25. The summed E-state index contributed by atoms with van der Waals surface area (Å²) in [5.74, 6) is 0. The summed E-state index contributed by atoms with van der Waals surface area (Å²) in [6.45, 7) is 1.05. The van der Waals surface area contributed by atoms with Crippen LogP contribution in [0.15, 0.2) is 9.63 Å². The number of hydrogen-bond donors (Lipinski definition) is 0. The van der Waals surface area contributed by atoms with Crippen LogP contribution >= 0.6 is 15.9 Å². The summed E-state index contributed by atoms with van der Waals surface area (Å²) in [7, 11) is 1.98. The molecule has 0 aromatic carbocycles. The molecule has 1 aromatic rings. The lowest BCUT2D eigenvalue weighted by atomic mass is 10.1. The second-order valence-corrected chi connectivity index (χ2v) is 7.54. The molecular formula is C10H18BrN5O2S. The molecule has 2 rings (SSSR count). The van der Waals surface area contributed by atoms with Crippen molar-refractivity contribution < 1.29 is 8.42 Å². The van der Waals surface area contributed by atoms with Crippen molar-refractivity contribution in [1.82, 2.24) is 24.2 Å². The number of rotatable bonds is 3. The van der Waals surface area contributed by atoms with Crippen LogP contribution in [-0.4, -0.2) is 65.8 Å². The fourth-order valence-electron chi connectivity index (χ4n) is 2.28. The topological polar surface area (TPSA) is 71.3 Å². The highest BCUT2D eigenvalue weighted by molar-refractivity contribution is 9.10. The molecule has 9 heteroatoms. The molecule has 0 saturated carbocycles. The van der Waals surface area contributed by atoms with Crippen molar-refractivity contribution in [2.75, 3.05) is 27.2 Å². The molecule has 1 atom stereocenters. The van der Waals surface area contributed by atoms with E-state index in [1.54, 1.807) is 7.05 Å². The van der Waals surface area contributed by atoms with Crippen LogP contribution in [0.3, 0.4) is 0 Å². The van der Waals surface area contributed by atoms with Gasteiger partial charge in [0.1, 0.15) is 0 Å². The standard InChI is InChI=1S/C10H18BrN5O2S/c1-14(2)8-5-4-6-16(7-8)19(17,18)10-9(11)12-13-15(10)3/h8H,4-7H2,1-3H3. The van der Waals surface area contributed by atoms with Crippen molar-refractivity contribution >= 4 is 26.0 Å². The molecule has 1 aromatic heterocycles. The van der Waals surface area contributed by atoms with Crippen LogP contribution in [0.25, 0.3) is 0 Å². The molecule has 0 aliphatic carbocycles. The van der Waals surface area contributed by atoms with E-state index < -0.39 is 10.0 Å². The molecule has 7 nitrogen and oxygen atoms in total. The molecule has 1 unspecified atom stereocenters. The van der Waals surface area contributed by atoms with E-state index in [0.717, 1.165) is 12.8 Å². The molecule has 1 aliphatic heterocycles. The number of likely N-dealkylation sites (N-methyl/N-ethyl adjacent to an activating group) is 1. The van der Waals surface area contributed by atoms with Crippen LogP contribution < -0.4 is 0 Å². The zero-order valence-corrected chi connectivity index (χ0v) is 13.6. The Labute approximate surface area is 121 Å². The summed E-state index contributed by atoms with van der Waals surface area (Å²) in [5, 5.41) is 7.60. The maximum Gasteiger partial charge on any atom is 0.263 e. The minimum atomic E-state index is -3.55. The van der Waals surface area contributed by atoms with E-state index in [-0.39, 0.29) is 15.7 Å². The predicted molar refractivity (Wildman–Crippen MR) is 74.2 cm³/mol. The third kappa shape index (κ3) is 2.83. The smallest absolute Gasteiger partial charge is 0.263 e.